The maximum Gasteiger partial charge on any atom is 2.00 e. The molecule has 4 aliphatic carbocycles. The van der Waals surface area contributed by atoms with E-state index < -0.39 is 15.7 Å². The molecule has 5 aromatic rings. The van der Waals surface area contributed by atoms with E-state index in [-0.39, 0.29) is 71.8 Å². The third-order valence-electron chi connectivity index (χ3n) is 13.0. The van der Waals surface area contributed by atoms with Crippen molar-refractivity contribution in [3.8, 4) is 0 Å². The molecule has 4 fully saturated rings. The van der Waals surface area contributed by atoms with Gasteiger partial charge >= 0.3 is 41.9 Å². The number of hydrogen-bond acceptors (Lipinski definition) is 1. The van der Waals surface area contributed by atoms with Crippen LogP contribution in [0.3, 0.4) is 0 Å². The molecule has 9 rings (SSSR count). The largest absolute Gasteiger partial charge is 2.00 e. The van der Waals surface area contributed by atoms with E-state index in [1.807, 2.05) is 30.3 Å². The van der Waals surface area contributed by atoms with Crippen LogP contribution in [0.5, 0.6) is 0 Å². The third kappa shape index (κ3) is 19.5. The molecule has 0 radical (unpaired) electrons. The van der Waals surface area contributed by atoms with Gasteiger partial charge in [-0.25, -0.2) is 0 Å². The fraction of sp³-hybridized carbons (Fsp3) is 0.414. The number of benzene rings is 5. The molecule has 5 unspecified atom stereocenters. The van der Waals surface area contributed by atoms with Gasteiger partial charge in [0.2, 0.25) is 0 Å². The van der Waals surface area contributed by atoms with Gasteiger partial charge in [-0.3, -0.25) is 0 Å². The van der Waals surface area contributed by atoms with Crippen molar-refractivity contribution >= 4 is 66.1 Å². The predicted octanol–water partition coefficient (Wildman–Crippen LogP) is 16.6. The van der Waals surface area contributed by atoms with Gasteiger partial charge in [-0.2, -0.15) is 0 Å². The fourth-order valence-corrected chi connectivity index (χ4v) is 19.2. The van der Waals surface area contributed by atoms with Crippen molar-refractivity contribution in [2.75, 3.05) is 0 Å². The second-order valence-electron chi connectivity index (χ2n) is 17.0. The molecule has 65 heavy (non-hydrogen) atoms. The molecule has 0 bridgehead atoms. The Labute approximate surface area is 433 Å². The van der Waals surface area contributed by atoms with E-state index >= 15 is 0 Å². The van der Waals surface area contributed by atoms with E-state index in [0.29, 0.717) is 22.1 Å². The van der Waals surface area contributed by atoms with Gasteiger partial charge in [-0.1, -0.05) is 244 Å². The Balaban J connectivity index is 0.000000977. The monoisotopic (exact) mass is 1080 g/mol. The minimum Gasteiger partial charge on any atom is -0.358 e. The average molecular weight is 1080 g/mol. The molecule has 4 saturated carbocycles. The zero-order valence-electron chi connectivity index (χ0n) is 40.5. The first-order chi connectivity index (χ1) is 29.0. The second-order valence-corrected chi connectivity index (χ2v) is 25.2. The molecule has 0 N–H and O–H groups in total. The van der Waals surface area contributed by atoms with E-state index in [1.54, 1.807) is 0 Å². The smallest absolute Gasteiger partial charge is 0.358 e. The quantitative estimate of drug-likeness (QED) is 0.0590. The third-order valence-corrected chi connectivity index (χ3v) is 22.0. The standard InChI is InChI=1S/C25H27OP2.C19H22BrP.2C5H10.4CH3.2Fe/c1-20(24-18-11-19-25(24)28(26)23-16-9-4-10-17-23)27(21-12-5-2-6-13-21)22-14-7-3-8-15-22;1-15(18-13-8-14-19(18)20)21(16-9-4-2-5-10-16)17-11-6-3-7-12-17;2*1-2-4-5-3-1;;;;;;/h2-10,12-17,20,24-25H,11,18-19H2,1H3;2-7,9-12,15,18-19H,8,13-14H2,1H3;2*1-5H2;4*1H3;;/q+1;;;;4*-1;2*+2/t20-,24?,25?;15-,18?,19?;;;;;;;;/m01......../s1. The minimum atomic E-state index is -1.35. The Hall–Kier alpha value is -1.42. The summed E-state index contributed by atoms with van der Waals surface area (Å²) in [4.78, 5) is 0.699. The summed E-state index contributed by atoms with van der Waals surface area (Å²) in [6, 6.07) is 54.2. The molecular formula is C58H81BrFe2OP3+. The zero-order chi connectivity index (χ0) is 41.1. The van der Waals surface area contributed by atoms with Crippen LogP contribution >= 0.6 is 39.6 Å². The topological polar surface area (TPSA) is 17.1 Å². The van der Waals surface area contributed by atoms with Gasteiger partial charge in [0.15, 0.2) is 11.0 Å². The maximum absolute atomic E-state index is 13.4. The van der Waals surface area contributed by atoms with Crippen LogP contribution in [0, 0.1) is 41.5 Å². The molecule has 0 amide bonds. The van der Waals surface area contributed by atoms with Crippen LogP contribution in [0.15, 0.2) is 152 Å². The molecule has 7 heteroatoms. The van der Waals surface area contributed by atoms with Crippen molar-refractivity contribution in [1.29, 1.82) is 0 Å². The summed E-state index contributed by atoms with van der Waals surface area (Å²) in [6.45, 7) is 4.87. The Kier molecular flexibility index (Phi) is 34.9. The Morgan fingerprint density at radius 3 is 1.00 bits per heavy atom. The van der Waals surface area contributed by atoms with Crippen molar-refractivity contribution in [1.82, 2.24) is 0 Å². The van der Waals surface area contributed by atoms with E-state index in [4.69, 9.17) is 0 Å². The van der Waals surface area contributed by atoms with Gasteiger partial charge in [-0.05, 0) is 98.5 Å². The molecule has 7 atom stereocenters. The molecule has 0 aromatic heterocycles. The van der Waals surface area contributed by atoms with Gasteiger partial charge in [-0.15, -0.1) is 0 Å². The van der Waals surface area contributed by atoms with Crippen molar-refractivity contribution in [3.63, 3.8) is 0 Å². The Morgan fingerprint density at radius 1 is 0.415 bits per heavy atom. The van der Waals surface area contributed by atoms with Crippen LogP contribution in [-0.2, 0) is 38.7 Å². The normalized spacial score (nSPS) is 20.2. The summed E-state index contributed by atoms with van der Waals surface area (Å²) in [7, 11) is -2.10. The molecule has 0 spiro atoms. The van der Waals surface area contributed by atoms with Crippen LogP contribution in [0.4, 0.5) is 0 Å². The predicted molar refractivity (Wildman–Crippen MR) is 294 cm³/mol. The first kappa shape index (κ1) is 63.6. The number of rotatable bonds is 10. The molecule has 4 aliphatic rings. The van der Waals surface area contributed by atoms with Crippen molar-refractivity contribution in [2.24, 2.45) is 11.8 Å². The number of hydrogen-bond donors (Lipinski definition) is 0. The van der Waals surface area contributed by atoms with Crippen LogP contribution in [-0.4, -0.2) is 21.8 Å². The molecule has 0 aliphatic heterocycles. The number of alkyl halides is 1. The molecule has 356 valence electrons. The van der Waals surface area contributed by atoms with Crippen LogP contribution in [0.2, 0.25) is 0 Å². The van der Waals surface area contributed by atoms with E-state index in [0.717, 1.165) is 23.3 Å². The summed E-state index contributed by atoms with van der Waals surface area (Å²) in [6.07, 6.45) is 22.6. The summed E-state index contributed by atoms with van der Waals surface area (Å²) >= 11 is 3.93. The van der Waals surface area contributed by atoms with Crippen LogP contribution in [0.1, 0.15) is 117 Å². The Bertz CT molecular complexity index is 1780. The summed E-state index contributed by atoms with van der Waals surface area (Å²) in [5, 5.41) is 6.90. The molecular weight excluding hydrogens is 997 g/mol. The number of halogens is 1. The molecule has 0 heterocycles. The summed E-state index contributed by atoms with van der Waals surface area (Å²) < 4.78 is 13.4. The van der Waals surface area contributed by atoms with Crippen molar-refractivity contribution < 1.29 is 38.7 Å². The van der Waals surface area contributed by atoms with Gasteiger partial charge in [0.1, 0.15) is 0 Å². The van der Waals surface area contributed by atoms with Crippen molar-refractivity contribution in [2.45, 2.75) is 138 Å². The molecule has 0 saturated heterocycles. The molecule has 5 aromatic carbocycles. The van der Waals surface area contributed by atoms with E-state index in [9.17, 15) is 4.57 Å². The first-order valence-corrected chi connectivity index (χ1v) is 28.0. The van der Waals surface area contributed by atoms with Gasteiger partial charge < -0.3 is 29.7 Å². The first-order valence-electron chi connectivity index (χ1n) is 23.0. The second kappa shape index (κ2) is 35.7. The Morgan fingerprint density at radius 2 is 0.692 bits per heavy atom. The zero-order valence-corrected chi connectivity index (χ0v) is 47.0. The van der Waals surface area contributed by atoms with Crippen molar-refractivity contribution in [3.05, 3.63) is 181 Å². The minimum absolute atomic E-state index is 0. The van der Waals surface area contributed by atoms with Gasteiger partial charge in [0.05, 0.1) is 0 Å². The van der Waals surface area contributed by atoms with Crippen LogP contribution < -0.4 is 26.5 Å². The summed E-state index contributed by atoms with van der Waals surface area (Å²) in [5.41, 5.74) is 1.52. The van der Waals surface area contributed by atoms with Crippen LogP contribution in [0.25, 0.3) is 0 Å². The fourth-order valence-electron chi connectivity index (χ4n) is 9.82. The average Bonchev–Trinajstić information content (AvgIpc) is 4.16. The maximum atomic E-state index is 13.4. The molecule has 1 nitrogen and oxygen atoms in total. The van der Waals surface area contributed by atoms with E-state index in [1.165, 1.54) is 118 Å². The summed E-state index contributed by atoms with van der Waals surface area (Å²) in [5.74, 6) is 1.31. The SMILES string of the molecule is C1CCCC1.C1CCCC1.C[C@@H](C1CCCC1[P+](=O)c1ccccc1)P(c1ccccc1)c1ccccc1.C[C@H](C1CCCC1Br)P(c1ccccc1)c1ccccc1.[CH3-].[CH3-].[CH3-].[CH3-].[Fe+2].[Fe+2]. The van der Waals surface area contributed by atoms with Gasteiger partial charge in [0.25, 0.3) is 0 Å². The van der Waals surface area contributed by atoms with E-state index in [2.05, 4.69) is 151 Å². The van der Waals surface area contributed by atoms with Gasteiger partial charge in [0, 0.05) is 10.7 Å².